The predicted molar refractivity (Wildman–Crippen MR) is 71.7 cm³/mol. The molecule has 0 amide bonds. The lowest BCUT2D eigenvalue weighted by Gasteiger charge is -1.94. The Hall–Kier alpha value is -2.01. The molecule has 0 unspecified atom stereocenters. The van der Waals surface area contributed by atoms with E-state index in [1.54, 1.807) is 0 Å². The number of hydrogen-bond donors (Lipinski definition) is 1. The van der Waals surface area contributed by atoms with Crippen molar-refractivity contribution in [3.8, 4) is 10.6 Å². The van der Waals surface area contributed by atoms with E-state index in [0.717, 1.165) is 15.8 Å². The third-order valence-electron chi connectivity index (χ3n) is 2.97. The van der Waals surface area contributed by atoms with Crippen molar-refractivity contribution in [1.82, 2.24) is 4.98 Å². The second-order valence-electron chi connectivity index (χ2n) is 4.25. The Balaban J connectivity index is 2.37. The van der Waals surface area contributed by atoms with Crippen molar-refractivity contribution in [3.05, 3.63) is 46.3 Å². The largest absolute Gasteiger partial charge is 0.351 e. The van der Waals surface area contributed by atoms with E-state index in [2.05, 4.69) is 4.98 Å². The number of H-pyrrole nitrogens is 1. The fourth-order valence-corrected chi connectivity index (χ4v) is 3.01. The minimum atomic E-state index is -0.697. The van der Waals surface area contributed by atoms with E-state index in [9.17, 15) is 13.6 Å². The van der Waals surface area contributed by atoms with Gasteiger partial charge in [0.2, 0.25) is 0 Å². The average Bonchev–Trinajstić information content (AvgIpc) is 2.92. The topological polar surface area (TPSA) is 32.9 Å². The molecule has 0 radical (unpaired) electrons. The van der Waals surface area contributed by atoms with Crippen molar-refractivity contribution in [3.63, 3.8) is 0 Å². The van der Waals surface area contributed by atoms with E-state index in [0.29, 0.717) is 12.0 Å². The summed E-state index contributed by atoms with van der Waals surface area (Å²) in [5.74, 6) is -1.39. The number of aldehydes is 1. The Morgan fingerprint density at radius 1 is 1.26 bits per heavy atom. The molecule has 5 heteroatoms. The predicted octanol–water partition coefficient (Wildman–Crippen LogP) is 4.30. The zero-order valence-corrected chi connectivity index (χ0v) is 10.8. The van der Waals surface area contributed by atoms with Crippen LogP contribution in [0.4, 0.5) is 8.78 Å². The van der Waals surface area contributed by atoms with Gasteiger partial charge in [0.25, 0.3) is 0 Å². The number of nitrogens with one attached hydrogen (secondary N) is 1. The molecule has 0 saturated heterocycles. The summed E-state index contributed by atoms with van der Waals surface area (Å²) in [6.07, 6.45) is 0.627. The number of benzene rings is 1. The molecular formula is C14H9F2NOS. The molecule has 19 heavy (non-hydrogen) atoms. The van der Waals surface area contributed by atoms with Crippen LogP contribution in [-0.2, 0) is 0 Å². The zero-order chi connectivity index (χ0) is 13.6. The van der Waals surface area contributed by atoms with Gasteiger partial charge in [0.15, 0.2) is 6.29 Å². The first-order valence-corrected chi connectivity index (χ1v) is 6.44. The quantitative estimate of drug-likeness (QED) is 0.696. The minimum absolute atomic E-state index is 0.157. The van der Waals surface area contributed by atoms with E-state index >= 15 is 0 Å². The molecule has 2 heterocycles. The molecule has 0 bridgehead atoms. The first-order chi connectivity index (χ1) is 9.10. The molecule has 0 aliphatic heterocycles. The van der Waals surface area contributed by atoms with Crippen molar-refractivity contribution in [2.24, 2.45) is 0 Å². The van der Waals surface area contributed by atoms with Crippen LogP contribution in [0.25, 0.3) is 21.5 Å². The number of halogens is 2. The Morgan fingerprint density at radius 2 is 2.05 bits per heavy atom. The van der Waals surface area contributed by atoms with E-state index in [1.807, 2.05) is 19.1 Å². The van der Waals surface area contributed by atoms with Crippen LogP contribution in [0, 0.1) is 18.6 Å². The van der Waals surface area contributed by atoms with Crippen LogP contribution >= 0.6 is 11.3 Å². The lowest BCUT2D eigenvalue weighted by atomic mass is 10.1. The van der Waals surface area contributed by atoms with Crippen LogP contribution in [0.15, 0.2) is 24.3 Å². The van der Waals surface area contributed by atoms with Gasteiger partial charge in [0, 0.05) is 21.9 Å². The first kappa shape index (κ1) is 12.0. The standard InChI is InChI=1S/C14H9F2NOS/c1-7-2-3-12(19-7)14-10(6-18)9-4-8(15)5-11(16)13(9)17-14/h2-6,17H,1H3. The maximum Gasteiger partial charge on any atom is 0.152 e. The van der Waals surface area contributed by atoms with Gasteiger partial charge in [-0.15, -0.1) is 11.3 Å². The summed E-state index contributed by atoms with van der Waals surface area (Å²) in [5.41, 5.74) is 0.979. The summed E-state index contributed by atoms with van der Waals surface area (Å²) in [4.78, 5) is 16.0. The van der Waals surface area contributed by atoms with Gasteiger partial charge in [0.05, 0.1) is 16.1 Å². The van der Waals surface area contributed by atoms with Crippen molar-refractivity contribution in [2.75, 3.05) is 0 Å². The summed E-state index contributed by atoms with van der Waals surface area (Å²) in [5, 5.41) is 0.272. The molecule has 0 aliphatic rings. The summed E-state index contributed by atoms with van der Waals surface area (Å²) in [7, 11) is 0. The molecule has 0 spiro atoms. The van der Waals surface area contributed by atoms with Crippen LogP contribution < -0.4 is 0 Å². The smallest absolute Gasteiger partial charge is 0.152 e. The molecule has 0 saturated carbocycles. The number of aromatic amines is 1. The van der Waals surface area contributed by atoms with Crippen LogP contribution in [-0.4, -0.2) is 11.3 Å². The van der Waals surface area contributed by atoms with Gasteiger partial charge in [-0.2, -0.15) is 0 Å². The highest BCUT2D eigenvalue weighted by atomic mass is 32.1. The molecule has 1 N–H and O–H groups in total. The second-order valence-corrected chi connectivity index (χ2v) is 5.54. The number of fused-ring (bicyclic) bond motifs is 1. The van der Waals surface area contributed by atoms with Crippen molar-refractivity contribution in [1.29, 1.82) is 0 Å². The molecule has 0 aliphatic carbocycles. The Bertz CT molecular complexity index is 788. The number of aromatic nitrogens is 1. The zero-order valence-electron chi connectivity index (χ0n) is 9.96. The molecule has 2 nitrogen and oxygen atoms in total. The molecule has 0 fully saturated rings. The number of hydrogen-bond acceptors (Lipinski definition) is 2. The monoisotopic (exact) mass is 277 g/mol. The summed E-state index contributed by atoms with van der Waals surface area (Å²) in [6, 6.07) is 5.74. The van der Waals surface area contributed by atoms with Crippen LogP contribution in [0.1, 0.15) is 15.2 Å². The van der Waals surface area contributed by atoms with Gasteiger partial charge in [-0.3, -0.25) is 4.79 Å². The fourth-order valence-electron chi connectivity index (χ4n) is 2.13. The highest BCUT2D eigenvalue weighted by Gasteiger charge is 2.17. The van der Waals surface area contributed by atoms with Crippen LogP contribution in [0.3, 0.4) is 0 Å². The fraction of sp³-hybridized carbons (Fsp3) is 0.0714. The number of rotatable bonds is 2. The van der Waals surface area contributed by atoms with Gasteiger partial charge in [-0.25, -0.2) is 8.78 Å². The van der Waals surface area contributed by atoms with E-state index in [1.165, 1.54) is 17.4 Å². The third kappa shape index (κ3) is 1.86. The molecule has 96 valence electrons. The number of carbonyl (C=O) groups excluding carboxylic acids is 1. The molecule has 3 aromatic rings. The van der Waals surface area contributed by atoms with Crippen molar-refractivity contribution >= 4 is 28.5 Å². The lowest BCUT2D eigenvalue weighted by Crippen LogP contribution is -1.83. The number of carbonyl (C=O) groups is 1. The molecule has 3 rings (SSSR count). The highest BCUT2D eigenvalue weighted by molar-refractivity contribution is 7.15. The maximum absolute atomic E-state index is 13.7. The van der Waals surface area contributed by atoms with Gasteiger partial charge < -0.3 is 4.98 Å². The van der Waals surface area contributed by atoms with E-state index in [4.69, 9.17) is 0 Å². The van der Waals surface area contributed by atoms with Crippen LogP contribution in [0.2, 0.25) is 0 Å². The number of aryl methyl sites for hydroxylation is 1. The SMILES string of the molecule is Cc1ccc(-c2[nH]c3c(F)cc(F)cc3c2C=O)s1. The summed E-state index contributed by atoms with van der Waals surface area (Å²) in [6.45, 7) is 1.94. The average molecular weight is 277 g/mol. The lowest BCUT2D eigenvalue weighted by molar-refractivity contribution is 0.112. The van der Waals surface area contributed by atoms with E-state index < -0.39 is 11.6 Å². The van der Waals surface area contributed by atoms with Crippen molar-refractivity contribution in [2.45, 2.75) is 6.92 Å². The molecular weight excluding hydrogens is 268 g/mol. The molecule has 2 aromatic heterocycles. The minimum Gasteiger partial charge on any atom is -0.351 e. The van der Waals surface area contributed by atoms with E-state index in [-0.39, 0.29) is 16.5 Å². The Kier molecular flexibility index (Phi) is 2.71. The van der Waals surface area contributed by atoms with Gasteiger partial charge in [0.1, 0.15) is 11.6 Å². The first-order valence-electron chi connectivity index (χ1n) is 5.63. The number of thiophene rings is 1. The maximum atomic E-state index is 13.7. The second kappa shape index (κ2) is 4.28. The summed E-state index contributed by atoms with van der Waals surface area (Å²) >= 11 is 1.49. The van der Waals surface area contributed by atoms with Gasteiger partial charge >= 0.3 is 0 Å². The molecule has 1 aromatic carbocycles. The third-order valence-corrected chi connectivity index (χ3v) is 3.99. The molecule has 0 atom stereocenters. The van der Waals surface area contributed by atoms with Gasteiger partial charge in [-0.1, -0.05) is 0 Å². The summed E-state index contributed by atoms with van der Waals surface area (Å²) < 4.78 is 27.0. The van der Waals surface area contributed by atoms with Crippen molar-refractivity contribution < 1.29 is 13.6 Å². The highest BCUT2D eigenvalue weighted by Crippen LogP contribution is 2.34. The Labute approximate surface area is 111 Å². The Morgan fingerprint density at radius 3 is 2.68 bits per heavy atom. The normalized spacial score (nSPS) is 11.1. The van der Waals surface area contributed by atoms with Gasteiger partial charge in [-0.05, 0) is 25.1 Å². The van der Waals surface area contributed by atoms with Crippen LogP contribution in [0.5, 0.6) is 0 Å².